The van der Waals surface area contributed by atoms with Gasteiger partial charge in [-0.15, -0.1) is 12.3 Å². The van der Waals surface area contributed by atoms with Crippen molar-refractivity contribution in [3.63, 3.8) is 0 Å². The first-order valence-electron chi connectivity index (χ1n) is 14.3. The summed E-state index contributed by atoms with van der Waals surface area (Å²) >= 11 is 0. The summed E-state index contributed by atoms with van der Waals surface area (Å²) < 4.78 is 15.5. The highest BCUT2D eigenvalue weighted by molar-refractivity contribution is 7.83. The van der Waals surface area contributed by atoms with E-state index in [2.05, 4.69) is 57.4 Å². The lowest BCUT2D eigenvalue weighted by molar-refractivity contribution is 0.276. The molecular formula is C30H53N5OS. The molecule has 0 aromatic carbocycles. The molecule has 2 rings (SSSR count). The van der Waals surface area contributed by atoms with Gasteiger partial charge in [-0.05, 0) is 64.2 Å². The van der Waals surface area contributed by atoms with E-state index in [1.54, 1.807) is 6.92 Å². The van der Waals surface area contributed by atoms with Crippen molar-refractivity contribution in [2.75, 3.05) is 39.5 Å². The van der Waals surface area contributed by atoms with Gasteiger partial charge in [-0.2, -0.15) is 4.99 Å². The average Bonchev–Trinajstić information content (AvgIpc) is 2.90. The molecule has 0 amide bonds. The molecule has 0 aromatic heterocycles. The van der Waals surface area contributed by atoms with Gasteiger partial charge in [0.2, 0.25) is 5.96 Å². The first-order valence-corrected chi connectivity index (χ1v) is 15.6. The number of rotatable bonds is 14. The number of nitrogens with one attached hydrogen (secondary N) is 2. The Bertz CT molecular complexity index is 801. The zero-order valence-corrected chi connectivity index (χ0v) is 25.0. The summed E-state index contributed by atoms with van der Waals surface area (Å²) in [6, 6.07) is 0. The van der Waals surface area contributed by atoms with Crippen LogP contribution < -0.4 is 10.0 Å². The standard InChI is InChI=1S/C27H49N5OS.C3H4/c1-5-7-9-10-11-13-19-34(33)30-21-24-17-15-23(16-18-24)20-28-27-29-22-25(14-12-8-6-2)26(31-27)32(3)4;1-3-2/h6,8,14,23-24,30H,5,7,9-13,15-22H2,1-4H3,(H,28,29);1H,2H3/b8-6-,25-14+;. The number of guanidine groups is 1. The Morgan fingerprint density at radius 2 is 1.70 bits per heavy atom. The van der Waals surface area contributed by atoms with Crippen LogP contribution >= 0.6 is 0 Å². The smallest absolute Gasteiger partial charge is 0.220 e. The van der Waals surface area contributed by atoms with E-state index in [0.717, 1.165) is 43.5 Å². The van der Waals surface area contributed by atoms with E-state index in [0.29, 0.717) is 18.4 Å². The largest absolute Gasteiger partial charge is 0.362 e. The van der Waals surface area contributed by atoms with E-state index in [1.165, 1.54) is 63.4 Å². The Morgan fingerprint density at radius 1 is 1.08 bits per heavy atom. The molecule has 6 nitrogen and oxygen atoms in total. The van der Waals surface area contributed by atoms with Crippen molar-refractivity contribution in [2.45, 2.75) is 91.4 Å². The first kappa shape index (κ1) is 33.1. The van der Waals surface area contributed by atoms with Gasteiger partial charge in [0.15, 0.2) is 0 Å². The van der Waals surface area contributed by atoms with Crippen molar-refractivity contribution in [3.8, 4) is 12.3 Å². The Labute approximate surface area is 230 Å². The fourth-order valence-electron chi connectivity index (χ4n) is 4.59. The molecule has 1 aliphatic carbocycles. The van der Waals surface area contributed by atoms with Crippen LogP contribution in [-0.4, -0.2) is 60.4 Å². The molecule has 1 fully saturated rings. The molecule has 2 aliphatic rings. The molecule has 1 unspecified atom stereocenters. The molecule has 2 N–H and O–H groups in total. The zero-order valence-electron chi connectivity index (χ0n) is 24.2. The van der Waals surface area contributed by atoms with Crippen molar-refractivity contribution in [1.82, 2.24) is 14.9 Å². The number of amidine groups is 1. The highest BCUT2D eigenvalue weighted by Crippen LogP contribution is 2.28. The van der Waals surface area contributed by atoms with Gasteiger partial charge in [0, 0.05) is 38.5 Å². The predicted molar refractivity (Wildman–Crippen MR) is 163 cm³/mol. The lowest BCUT2D eigenvalue weighted by Gasteiger charge is -2.29. The SMILES string of the molecule is C#CC.C/C=C\C/C=C1\CN=C(NCC2CCC(CNS(=O)CCCCCCCC)CC2)N=C1N(C)C. The normalized spacial score (nSPS) is 21.5. The highest BCUT2D eigenvalue weighted by Gasteiger charge is 2.22. The molecule has 1 saturated carbocycles. The fourth-order valence-corrected chi connectivity index (χ4v) is 5.63. The molecule has 1 atom stereocenters. The number of allylic oxidation sites excluding steroid dienone is 3. The summed E-state index contributed by atoms with van der Waals surface area (Å²) in [5, 5.41) is 3.50. The highest BCUT2D eigenvalue weighted by atomic mass is 32.2. The third kappa shape index (κ3) is 15.2. The average molecular weight is 532 g/mol. The molecule has 7 heteroatoms. The van der Waals surface area contributed by atoms with E-state index in [1.807, 2.05) is 21.0 Å². The van der Waals surface area contributed by atoms with Gasteiger partial charge in [-0.25, -0.2) is 13.9 Å². The summed E-state index contributed by atoms with van der Waals surface area (Å²) in [5.41, 5.74) is 1.19. The van der Waals surface area contributed by atoms with Gasteiger partial charge >= 0.3 is 0 Å². The van der Waals surface area contributed by atoms with E-state index in [-0.39, 0.29) is 0 Å². The number of hydrogen-bond acceptors (Lipinski definition) is 5. The van der Waals surface area contributed by atoms with Crippen LogP contribution in [0.5, 0.6) is 0 Å². The lowest BCUT2D eigenvalue weighted by Crippen LogP contribution is -2.37. The number of terminal acetylenes is 1. The van der Waals surface area contributed by atoms with Crippen molar-refractivity contribution in [2.24, 2.45) is 21.8 Å². The minimum atomic E-state index is -0.863. The molecule has 1 aliphatic heterocycles. The van der Waals surface area contributed by atoms with Crippen LogP contribution in [0.3, 0.4) is 0 Å². The summed E-state index contributed by atoms with van der Waals surface area (Å²) in [6.07, 6.45) is 24.3. The van der Waals surface area contributed by atoms with Crippen LogP contribution in [0, 0.1) is 24.2 Å². The van der Waals surface area contributed by atoms with Crippen LogP contribution in [0.1, 0.15) is 91.4 Å². The molecule has 37 heavy (non-hydrogen) atoms. The topological polar surface area (TPSA) is 69.1 Å². The Morgan fingerprint density at radius 3 is 2.32 bits per heavy atom. The van der Waals surface area contributed by atoms with Gasteiger partial charge < -0.3 is 10.2 Å². The van der Waals surface area contributed by atoms with Crippen LogP contribution in [0.15, 0.2) is 33.8 Å². The molecular weight excluding hydrogens is 478 g/mol. The van der Waals surface area contributed by atoms with Gasteiger partial charge in [0.05, 0.1) is 17.5 Å². The van der Waals surface area contributed by atoms with Crippen LogP contribution in [0.4, 0.5) is 0 Å². The first-order chi connectivity index (χ1) is 17.9. The van der Waals surface area contributed by atoms with Crippen molar-refractivity contribution in [1.29, 1.82) is 0 Å². The Kier molecular flexibility index (Phi) is 18.9. The van der Waals surface area contributed by atoms with Crippen LogP contribution in [0.2, 0.25) is 0 Å². The predicted octanol–water partition coefficient (Wildman–Crippen LogP) is 5.86. The monoisotopic (exact) mass is 531 g/mol. The second-order valence-corrected chi connectivity index (χ2v) is 11.6. The van der Waals surface area contributed by atoms with E-state index < -0.39 is 11.0 Å². The van der Waals surface area contributed by atoms with Gasteiger partial charge in [-0.3, -0.25) is 0 Å². The molecule has 0 saturated heterocycles. The van der Waals surface area contributed by atoms with Crippen LogP contribution in [-0.2, 0) is 11.0 Å². The maximum absolute atomic E-state index is 12.2. The molecule has 0 bridgehead atoms. The summed E-state index contributed by atoms with van der Waals surface area (Å²) in [5.74, 6) is 6.14. The minimum absolute atomic E-state index is 0.653. The fraction of sp³-hybridized carbons (Fsp3) is 0.733. The summed E-state index contributed by atoms with van der Waals surface area (Å²) in [4.78, 5) is 11.5. The number of nitrogens with zero attached hydrogens (tertiary/aromatic N) is 3. The molecule has 0 radical (unpaired) electrons. The number of unbranched alkanes of at least 4 members (excludes halogenated alkanes) is 5. The van der Waals surface area contributed by atoms with Gasteiger partial charge in [0.1, 0.15) is 5.84 Å². The Balaban J connectivity index is 0.00000217. The lowest BCUT2D eigenvalue weighted by atomic mass is 9.82. The summed E-state index contributed by atoms with van der Waals surface area (Å²) in [7, 11) is 3.22. The number of likely N-dealkylation sites (N-methyl/N-ethyl adjacent to an activating group) is 1. The van der Waals surface area contributed by atoms with E-state index in [9.17, 15) is 4.21 Å². The Hall–Kier alpha value is -1.91. The second kappa shape index (κ2) is 21.1. The third-order valence-corrected chi connectivity index (χ3v) is 7.94. The van der Waals surface area contributed by atoms with Gasteiger partial charge in [0.25, 0.3) is 0 Å². The quantitative estimate of drug-likeness (QED) is 0.168. The van der Waals surface area contributed by atoms with E-state index in [4.69, 9.17) is 4.99 Å². The van der Waals surface area contributed by atoms with Crippen molar-refractivity contribution >= 4 is 22.8 Å². The minimum Gasteiger partial charge on any atom is -0.362 e. The van der Waals surface area contributed by atoms with Crippen molar-refractivity contribution in [3.05, 3.63) is 23.8 Å². The molecule has 0 aromatic rings. The van der Waals surface area contributed by atoms with Gasteiger partial charge in [-0.1, -0.05) is 57.3 Å². The van der Waals surface area contributed by atoms with E-state index >= 15 is 0 Å². The molecule has 210 valence electrons. The maximum atomic E-state index is 12.2. The van der Waals surface area contributed by atoms with Crippen LogP contribution in [0.25, 0.3) is 0 Å². The second-order valence-electron chi connectivity index (χ2n) is 10.2. The summed E-state index contributed by atoms with van der Waals surface area (Å²) in [6.45, 7) is 8.46. The third-order valence-electron chi connectivity index (χ3n) is 6.79. The number of aliphatic imine (C=N–C) groups is 2. The number of hydrogen-bond donors (Lipinski definition) is 2. The zero-order chi connectivity index (χ0) is 27.3. The molecule has 0 spiro atoms. The molecule has 1 heterocycles. The van der Waals surface area contributed by atoms with Crippen molar-refractivity contribution < 1.29 is 4.21 Å². The maximum Gasteiger partial charge on any atom is 0.220 e.